The van der Waals surface area contributed by atoms with E-state index in [2.05, 4.69) is 15.9 Å². The first-order valence-corrected chi connectivity index (χ1v) is 6.36. The number of sulfone groups is 1. The molecule has 1 aromatic carbocycles. The Kier molecular flexibility index (Phi) is 7.09. The number of halogens is 1. The van der Waals surface area contributed by atoms with Crippen LogP contribution in [-0.2, 0) is 15.2 Å². The van der Waals surface area contributed by atoms with Crippen molar-refractivity contribution in [1.29, 1.82) is 0 Å². The Morgan fingerprint density at radius 2 is 1.71 bits per heavy atom. The smallest absolute Gasteiger partial charge is 0.202 e. The van der Waals surface area contributed by atoms with Crippen LogP contribution >= 0.6 is 15.9 Å². The molecular weight excluding hydrogens is 483 g/mol. The molecular formula is C8H9AcBrO3S. The first kappa shape index (κ1) is 15.1. The molecule has 0 unspecified atom stereocenters. The normalized spacial score (nSPS) is 10.7. The summed E-state index contributed by atoms with van der Waals surface area (Å²) < 4.78 is 22.3. The van der Waals surface area contributed by atoms with Gasteiger partial charge in [0.15, 0.2) is 0 Å². The summed E-state index contributed by atoms with van der Waals surface area (Å²) in [6.45, 7) is 0. The quantitative estimate of drug-likeness (QED) is 0.648. The van der Waals surface area contributed by atoms with Crippen LogP contribution < -0.4 is 0 Å². The van der Waals surface area contributed by atoms with Gasteiger partial charge in [-0.2, -0.15) is 0 Å². The second kappa shape index (κ2) is 6.59. The summed E-state index contributed by atoms with van der Waals surface area (Å²) in [6.07, 6.45) is 0. The average Bonchev–Trinajstić information content (AvgIpc) is 2.18. The topological polar surface area (TPSA) is 54.4 Å². The van der Waals surface area contributed by atoms with Crippen molar-refractivity contribution in [2.75, 3.05) is 5.94 Å². The summed E-state index contributed by atoms with van der Waals surface area (Å²) >= 11 is 3.25. The van der Waals surface area contributed by atoms with E-state index in [1.807, 2.05) is 0 Å². The van der Waals surface area contributed by atoms with Crippen LogP contribution in [-0.4, -0.2) is 19.5 Å². The van der Waals surface area contributed by atoms with Gasteiger partial charge in [-0.25, -0.2) is 8.42 Å². The van der Waals surface area contributed by atoms with Crippen molar-refractivity contribution in [2.45, 2.75) is 10.2 Å². The van der Waals surface area contributed by atoms with Crippen LogP contribution in [0.1, 0.15) is 5.56 Å². The van der Waals surface area contributed by atoms with Gasteiger partial charge in [0.2, 0.25) is 9.84 Å². The molecule has 1 N–H and O–H groups in total. The summed E-state index contributed by atoms with van der Waals surface area (Å²) in [5.74, 6) is -0.847. The minimum Gasteiger partial charge on any atom is -0.380 e. The Morgan fingerprint density at radius 3 is 2.07 bits per heavy atom. The second-order valence-electron chi connectivity index (χ2n) is 2.52. The third-order valence-corrected chi connectivity index (χ3v) is 3.58. The van der Waals surface area contributed by atoms with Gasteiger partial charge in [-0.3, -0.25) is 0 Å². The maximum atomic E-state index is 11.1. The van der Waals surface area contributed by atoms with Crippen LogP contribution in [0.5, 0.6) is 0 Å². The summed E-state index contributed by atoms with van der Waals surface area (Å²) in [5, 5.41) is 9.26. The van der Waals surface area contributed by atoms with Crippen molar-refractivity contribution in [2.24, 2.45) is 0 Å². The molecule has 0 aliphatic rings. The third-order valence-electron chi connectivity index (χ3n) is 1.61. The molecule has 14 heavy (non-hydrogen) atoms. The zero-order chi connectivity index (χ0) is 9.90. The predicted octanol–water partition coefficient (Wildman–Crippen LogP) is 1.31. The van der Waals surface area contributed by atoms with Crippen LogP contribution in [0.4, 0.5) is 0 Å². The molecule has 0 aliphatic carbocycles. The van der Waals surface area contributed by atoms with Gasteiger partial charge in [0.25, 0.3) is 0 Å². The average molecular weight is 492 g/mol. The first-order valence-electron chi connectivity index (χ1n) is 3.58. The van der Waals surface area contributed by atoms with E-state index in [1.165, 1.54) is 12.1 Å². The summed E-state index contributed by atoms with van der Waals surface area (Å²) in [6, 6.07) is 6.39. The number of aliphatic hydroxyl groups excluding tert-OH is 1. The van der Waals surface area contributed by atoms with Crippen molar-refractivity contribution < 1.29 is 57.6 Å². The predicted molar refractivity (Wildman–Crippen MR) is 53.3 cm³/mol. The molecule has 0 bridgehead atoms. The maximum Gasteiger partial charge on any atom is 0.202 e. The van der Waals surface area contributed by atoms with Crippen LogP contribution in [0.3, 0.4) is 0 Å². The van der Waals surface area contributed by atoms with Gasteiger partial charge >= 0.3 is 0 Å². The molecule has 0 aliphatic heterocycles. The molecule has 3 nitrogen and oxygen atoms in total. The molecule has 0 amide bonds. The molecule has 0 fully saturated rings. The van der Waals surface area contributed by atoms with Crippen LogP contribution in [0.25, 0.3) is 0 Å². The fraction of sp³-hybridized carbons (Fsp3) is 0.250. The van der Waals surface area contributed by atoms with E-state index in [-0.39, 0.29) is 49.0 Å². The zero-order valence-corrected chi connectivity index (χ0v) is 14.5. The third kappa shape index (κ3) is 3.90. The Hall–Kier alpha value is 1.05. The molecule has 6 heteroatoms. The van der Waals surface area contributed by atoms with Crippen LogP contribution in [0, 0.1) is 44.1 Å². The van der Waals surface area contributed by atoms with Gasteiger partial charge < -0.3 is 5.11 Å². The van der Waals surface area contributed by atoms with Gasteiger partial charge in [-0.15, -0.1) is 0 Å². The van der Waals surface area contributed by atoms with Crippen molar-refractivity contribution in [3.8, 4) is 0 Å². The van der Waals surface area contributed by atoms with Crippen LogP contribution in [0.2, 0.25) is 0 Å². The van der Waals surface area contributed by atoms with Gasteiger partial charge in [0, 0.05) is 49.4 Å². The standard InChI is InChI=1S/C8H9BrO3S.Ac/c9-5-7-1-3-8(4-2-7)13(11,12)6-10;/h1-4,10H,5-6H2;. The zero-order valence-electron chi connectivity index (χ0n) is 7.35. The number of rotatable bonds is 3. The second-order valence-corrected chi connectivity index (χ2v) is 5.04. The largest absolute Gasteiger partial charge is 0.380 e. The maximum absolute atomic E-state index is 11.1. The van der Waals surface area contributed by atoms with Gasteiger partial charge in [0.1, 0.15) is 5.94 Å². The van der Waals surface area contributed by atoms with Gasteiger partial charge in [-0.1, -0.05) is 28.1 Å². The molecule has 0 heterocycles. The van der Waals surface area contributed by atoms with E-state index in [0.717, 1.165) is 5.56 Å². The minimum absolute atomic E-state index is 0. The fourth-order valence-corrected chi connectivity index (χ4v) is 1.93. The van der Waals surface area contributed by atoms with Crippen molar-refractivity contribution in [1.82, 2.24) is 0 Å². The summed E-state index contributed by atoms with van der Waals surface area (Å²) in [5.41, 5.74) is 0.997. The number of aliphatic hydroxyl groups is 1. The number of hydrogen-bond donors (Lipinski definition) is 1. The molecule has 0 atom stereocenters. The fourth-order valence-electron chi connectivity index (χ4n) is 0.860. The number of benzene rings is 1. The van der Waals surface area contributed by atoms with E-state index < -0.39 is 15.8 Å². The number of alkyl halides is 1. The Balaban J connectivity index is 0.00000169. The molecule has 1 aromatic rings. The van der Waals surface area contributed by atoms with Crippen molar-refractivity contribution >= 4 is 25.8 Å². The Bertz CT molecular complexity index is 374. The van der Waals surface area contributed by atoms with E-state index in [0.29, 0.717) is 5.33 Å². The molecule has 1 rings (SSSR count). The first-order chi connectivity index (χ1) is 6.10. The van der Waals surface area contributed by atoms with Crippen molar-refractivity contribution in [3.63, 3.8) is 0 Å². The van der Waals surface area contributed by atoms with Gasteiger partial charge in [-0.05, 0) is 17.7 Å². The molecule has 75 valence electrons. The Labute approximate surface area is 128 Å². The Morgan fingerprint density at radius 1 is 1.21 bits per heavy atom. The van der Waals surface area contributed by atoms with E-state index in [4.69, 9.17) is 5.11 Å². The molecule has 0 spiro atoms. The van der Waals surface area contributed by atoms with Crippen LogP contribution in [0.15, 0.2) is 29.2 Å². The minimum atomic E-state index is -3.48. The molecule has 0 saturated heterocycles. The van der Waals surface area contributed by atoms with Crippen molar-refractivity contribution in [3.05, 3.63) is 29.8 Å². The SMILES string of the molecule is O=S(=O)(CO)c1ccc(CBr)cc1.[Ac]. The van der Waals surface area contributed by atoms with E-state index >= 15 is 0 Å². The molecule has 1 radical (unpaired) electrons. The van der Waals surface area contributed by atoms with Gasteiger partial charge in [0.05, 0.1) is 4.90 Å². The summed E-state index contributed by atoms with van der Waals surface area (Å²) in [7, 11) is -3.48. The van der Waals surface area contributed by atoms with E-state index in [9.17, 15) is 8.42 Å². The molecule has 0 aromatic heterocycles. The number of hydrogen-bond acceptors (Lipinski definition) is 3. The summed E-state index contributed by atoms with van der Waals surface area (Å²) in [4.78, 5) is 0.153. The van der Waals surface area contributed by atoms with E-state index in [1.54, 1.807) is 12.1 Å². The molecule has 0 saturated carbocycles. The monoisotopic (exact) mass is 491 g/mol.